The minimum absolute atomic E-state index is 0.348. The van der Waals surface area contributed by atoms with Crippen molar-refractivity contribution in [3.8, 4) is 11.3 Å². The summed E-state index contributed by atoms with van der Waals surface area (Å²) in [5, 5.41) is 4.62. The van der Waals surface area contributed by atoms with E-state index in [1.807, 2.05) is 60.7 Å². The SMILES string of the molecule is O=C(NNC(=O)c1cn(Cc2ccccc2)nc1-c1ccccc1)c1cccnc1. The second kappa shape index (κ2) is 8.83. The van der Waals surface area contributed by atoms with Crippen molar-refractivity contribution in [2.75, 3.05) is 0 Å². The second-order valence-electron chi connectivity index (χ2n) is 6.59. The molecule has 0 aliphatic rings. The van der Waals surface area contributed by atoms with Crippen molar-refractivity contribution in [1.82, 2.24) is 25.6 Å². The molecule has 4 aromatic rings. The molecule has 148 valence electrons. The molecule has 0 saturated carbocycles. The Balaban J connectivity index is 1.57. The number of carbonyl (C=O) groups is 2. The zero-order valence-corrected chi connectivity index (χ0v) is 16.0. The number of hydrazine groups is 1. The molecule has 7 nitrogen and oxygen atoms in total. The monoisotopic (exact) mass is 397 g/mol. The van der Waals surface area contributed by atoms with Crippen LogP contribution in [0.2, 0.25) is 0 Å². The second-order valence-corrected chi connectivity index (χ2v) is 6.59. The average Bonchev–Trinajstić information content (AvgIpc) is 3.23. The molecule has 7 heteroatoms. The Hall–Kier alpha value is -4.26. The van der Waals surface area contributed by atoms with E-state index in [1.165, 1.54) is 6.20 Å². The normalized spacial score (nSPS) is 10.4. The molecule has 2 amide bonds. The highest BCUT2D eigenvalue weighted by Crippen LogP contribution is 2.22. The predicted molar refractivity (Wildman–Crippen MR) is 112 cm³/mol. The van der Waals surface area contributed by atoms with Crippen LogP contribution in [0.25, 0.3) is 11.3 Å². The molecule has 2 N–H and O–H groups in total. The van der Waals surface area contributed by atoms with Gasteiger partial charge in [-0.3, -0.25) is 30.1 Å². The quantitative estimate of drug-likeness (QED) is 0.507. The molecular formula is C23H19N5O2. The molecule has 0 aliphatic heterocycles. The van der Waals surface area contributed by atoms with E-state index in [4.69, 9.17) is 0 Å². The van der Waals surface area contributed by atoms with Gasteiger partial charge < -0.3 is 0 Å². The third-order valence-electron chi connectivity index (χ3n) is 4.45. The first-order valence-corrected chi connectivity index (χ1v) is 9.38. The van der Waals surface area contributed by atoms with Gasteiger partial charge in [0.15, 0.2) is 0 Å². The number of pyridine rings is 1. The summed E-state index contributed by atoms with van der Waals surface area (Å²) in [5.74, 6) is -0.903. The van der Waals surface area contributed by atoms with Gasteiger partial charge in [0.1, 0.15) is 5.69 Å². The van der Waals surface area contributed by atoms with E-state index >= 15 is 0 Å². The number of rotatable bonds is 5. The molecule has 0 unspecified atom stereocenters. The van der Waals surface area contributed by atoms with Gasteiger partial charge in [0.25, 0.3) is 11.8 Å². The molecule has 2 aromatic heterocycles. The largest absolute Gasteiger partial charge is 0.273 e. The third-order valence-corrected chi connectivity index (χ3v) is 4.45. The van der Waals surface area contributed by atoms with Crippen molar-refractivity contribution in [2.45, 2.75) is 6.54 Å². The number of carbonyl (C=O) groups excluding carboxylic acids is 2. The molecule has 0 spiro atoms. The van der Waals surface area contributed by atoms with Crippen LogP contribution >= 0.6 is 0 Å². The maximum atomic E-state index is 12.8. The lowest BCUT2D eigenvalue weighted by molar-refractivity contribution is 0.0846. The van der Waals surface area contributed by atoms with Crippen LogP contribution in [0.15, 0.2) is 91.4 Å². The Morgan fingerprint density at radius 2 is 1.53 bits per heavy atom. The van der Waals surface area contributed by atoms with Gasteiger partial charge in [-0.15, -0.1) is 0 Å². The summed E-state index contributed by atoms with van der Waals surface area (Å²) in [5.41, 5.74) is 8.02. The fraction of sp³-hybridized carbons (Fsp3) is 0.0435. The molecule has 0 saturated heterocycles. The summed E-state index contributed by atoms with van der Waals surface area (Å²) in [4.78, 5) is 28.9. The standard InChI is InChI=1S/C23H19N5O2/c29-22(19-12-7-13-24-14-19)25-26-23(30)20-16-28(15-17-8-3-1-4-9-17)27-21(20)18-10-5-2-6-11-18/h1-14,16H,15H2,(H,25,29)(H,26,30). The Morgan fingerprint density at radius 3 is 2.23 bits per heavy atom. The van der Waals surface area contributed by atoms with Gasteiger partial charge in [0.05, 0.1) is 17.7 Å². The van der Waals surface area contributed by atoms with E-state index in [1.54, 1.807) is 29.2 Å². The first-order chi connectivity index (χ1) is 14.7. The van der Waals surface area contributed by atoms with Gasteiger partial charge in [0.2, 0.25) is 0 Å². The zero-order chi connectivity index (χ0) is 20.8. The van der Waals surface area contributed by atoms with E-state index in [2.05, 4.69) is 20.9 Å². The summed E-state index contributed by atoms with van der Waals surface area (Å²) in [7, 11) is 0. The van der Waals surface area contributed by atoms with E-state index in [0.29, 0.717) is 23.4 Å². The van der Waals surface area contributed by atoms with Crippen LogP contribution in [0.1, 0.15) is 26.3 Å². The van der Waals surface area contributed by atoms with Crippen LogP contribution in [-0.4, -0.2) is 26.6 Å². The Bertz CT molecular complexity index is 1140. The van der Waals surface area contributed by atoms with Crippen LogP contribution in [0.3, 0.4) is 0 Å². The molecule has 0 fully saturated rings. The van der Waals surface area contributed by atoms with Crippen LogP contribution in [0.5, 0.6) is 0 Å². The molecule has 30 heavy (non-hydrogen) atoms. The number of hydrogen-bond donors (Lipinski definition) is 2. The number of benzene rings is 2. The van der Waals surface area contributed by atoms with Crippen molar-refractivity contribution < 1.29 is 9.59 Å². The van der Waals surface area contributed by atoms with Crippen molar-refractivity contribution >= 4 is 11.8 Å². The van der Waals surface area contributed by atoms with Crippen molar-refractivity contribution in [3.05, 3.63) is 108 Å². The van der Waals surface area contributed by atoms with Gasteiger partial charge >= 0.3 is 0 Å². The Morgan fingerprint density at radius 1 is 0.833 bits per heavy atom. The van der Waals surface area contributed by atoms with Gasteiger partial charge in [-0.2, -0.15) is 5.10 Å². The van der Waals surface area contributed by atoms with Gasteiger partial charge in [-0.1, -0.05) is 60.7 Å². The molecule has 0 atom stereocenters. The molecule has 0 bridgehead atoms. The molecule has 2 heterocycles. The minimum atomic E-state index is -0.453. The van der Waals surface area contributed by atoms with Crippen molar-refractivity contribution in [1.29, 1.82) is 0 Å². The van der Waals surface area contributed by atoms with Crippen LogP contribution in [0, 0.1) is 0 Å². The third kappa shape index (κ3) is 4.41. The summed E-state index contributed by atoms with van der Waals surface area (Å²) in [6.07, 6.45) is 4.68. The van der Waals surface area contributed by atoms with Gasteiger partial charge in [-0.05, 0) is 17.7 Å². The van der Waals surface area contributed by atoms with E-state index < -0.39 is 11.8 Å². The Labute approximate surface area is 173 Å². The number of nitrogens with one attached hydrogen (secondary N) is 2. The fourth-order valence-corrected chi connectivity index (χ4v) is 3.00. The summed E-state index contributed by atoms with van der Waals surface area (Å²) in [6.45, 7) is 0.524. The van der Waals surface area contributed by atoms with E-state index in [-0.39, 0.29) is 0 Å². The maximum Gasteiger partial charge on any atom is 0.273 e. The average molecular weight is 397 g/mol. The topological polar surface area (TPSA) is 88.9 Å². The number of amides is 2. The highest BCUT2D eigenvalue weighted by Gasteiger charge is 2.19. The smallest absolute Gasteiger partial charge is 0.267 e. The number of nitrogens with zero attached hydrogens (tertiary/aromatic N) is 3. The Kier molecular flexibility index (Phi) is 5.61. The van der Waals surface area contributed by atoms with Gasteiger partial charge in [-0.25, -0.2) is 0 Å². The lowest BCUT2D eigenvalue weighted by atomic mass is 10.1. The van der Waals surface area contributed by atoms with E-state index in [0.717, 1.165) is 11.1 Å². The molecule has 2 aromatic carbocycles. The van der Waals surface area contributed by atoms with Crippen molar-refractivity contribution in [3.63, 3.8) is 0 Å². The number of hydrogen-bond acceptors (Lipinski definition) is 4. The first-order valence-electron chi connectivity index (χ1n) is 9.38. The maximum absolute atomic E-state index is 12.8. The molecule has 0 aliphatic carbocycles. The van der Waals surface area contributed by atoms with Crippen LogP contribution in [-0.2, 0) is 6.54 Å². The first kappa shape index (κ1) is 19.1. The molecule has 0 radical (unpaired) electrons. The van der Waals surface area contributed by atoms with Crippen molar-refractivity contribution in [2.24, 2.45) is 0 Å². The van der Waals surface area contributed by atoms with Crippen LogP contribution in [0.4, 0.5) is 0 Å². The minimum Gasteiger partial charge on any atom is -0.267 e. The van der Waals surface area contributed by atoms with Gasteiger partial charge in [0, 0.05) is 24.2 Å². The number of aromatic nitrogens is 3. The summed E-state index contributed by atoms with van der Waals surface area (Å²) >= 11 is 0. The van der Waals surface area contributed by atoms with E-state index in [9.17, 15) is 9.59 Å². The lowest BCUT2D eigenvalue weighted by Gasteiger charge is -2.07. The fourth-order valence-electron chi connectivity index (χ4n) is 3.00. The predicted octanol–water partition coefficient (Wildman–Crippen LogP) is 3.07. The van der Waals surface area contributed by atoms with Crippen LogP contribution < -0.4 is 10.9 Å². The molecular weight excluding hydrogens is 378 g/mol. The zero-order valence-electron chi connectivity index (χ0n) is 16.0. The molecule has 4 rings (SSSR count). The highest BCUT2D eigenvalue weighted by molar-refractivity contribution is 6.02. The lowest BCUT2D eigenvalue weighted by Crippen LogP contribution is -2.41. The highest BCUT2D eigenvalue weighted by atomic mass is 16.2. The summed E-state index contributed by atoms with van der Waals surface area (Å²) in [6, 6.07) is 22.6. The summed E-state index contributed by atoms with van der Waals surface area (Å²) < 4.78 is 1.72.